The van der Waals surface area contributed by atoms with Crippen LogP contribution in [0.25, 0.3) is 0 Å². The zero-order valence-electron chi connectivity index (χ0n) is 9.19. The summed E-state index contributed by atoms with van der Waals surface area (Å²) in [4.78, 5) is 7.65. The van der Waals surface area contributed by atoms with Gasteiger partial charge in [-0.2, -0.15) is 0 Å². The van der Waals surface area contributed by atoms with Gasteiger partial charge < -0.3 is 9.47 Å². The number of ether oxygens (including phenoxy) is 2. The molecule has 0 aliphatic heterocycles. The van der Waals surface area contributed by atoms with Crippen LogP contribution in [-0.2, 0) is 0 Å². The molecular weight excluding hydrogens is 329 g/mol. The van der Waals surface area contributed by atoms with Gasteiger partial charge in [-0.3, -0.25) is 0 Å². The van der Waals surface area contributed by atoms with Crippen molar-refractivity contribution in [2.75, 3.05) is 0 Å². The van der Waals surface area contributed by atoms with E-state index in [2.05, 4.69) is 30.6 Å². The van der Waals surface area contributed by atoms with E-state index in [1.54, 1.807) is 6.07 Å². The maximum absolute atomic E-state index is 12.1. The Morgan fingerprint density at radius 1 is 1.11 bits per heavy atom. The number of rotatable bonds is 3. The first-order chi connectivity index (χ1) is 8.94. The summed E-state index contributed by atoms with van der Waals surface area (Å²) in [6.45, 7) is 0. The molecule has 8 heteroatoms. The fourth-order valence-corrected chi connectivity index (χ4v) is 1.63. The van der Waals surface area contributed by atoms with Gasteiger partial charge in [0.25, 0.3) is 0 Å². The second kappa shape index (κ2) is 5.43. The first kappa shape index (κ1) is 13.6. The summed E-state index contributed by atoms with van der Waals surface area (Å²) in [5.41, 5.74) is 0. The van der Waals surface area contributed by atoms with Crippen LogP contribution in [0.15, 0.2) is 41.1 Å². The Bertz CT molecular complexity index is 564. The van der Waals surface area contributed by atoms with Crippen LogP contribution in [0.4, 0.5) is 13.2 Å². The van der Waals surface area contributed by atoms with Gasteiger partial charge in [0, 0.05) is 12.4 Å². The van der Waals surface area contributed by atoms with E-state index in [1.165, 1.54) is 24.5 Å². The van der Waals surface area contributed by atoms with E-state index < -0.39 is 6.36 Å². The lowest BCUT2D eigenvalue weighted by atomic mass is 10.3. The fraction of sp³-hybridized carbons (Fsp3) is 0.0909. The largest absolute Gasteiger partial charge is 0.573 e. The van der Waals surface area contributed by atoms with E-state index in [1.807, 2.05) is 0 Å². The summed E-state index contributed by atoms with van der Waals surface area (Å²) in [6, 6.07) is 5.50. The van der Waals surface area contributed by atoms with Gasteiger partial charge in [0.2, 0.25) is 0 Å². The summed E-state index contributed by atoms with van der Waals surface area (Å²) in [5.74, 6) is -0.0681. The van der Waals surface area contributed by atoms with Gasteiger partial charge in [-0.25, -0.2) is 9.97 Å². The second-order valence-electron chi connectivity index (χ2n) is 3.27. The van der Waals surface area contributed by atoms with E-state index in [4.69, 9.17) is 4.74 Å². The Morgan fingerprint density at radius 3 is 2.37 bits per heavy atom. The summed E-state index contributed by atoms with van der Waals surface area (Å²) in [5, 5.41) is 0. The van der Waals surface area contributed by atoms with Gasteiger partial charge in [0.05, 0.1) is 4.47 Å². The Balaban J connectivity index is 2.15. The number of aromatic nitrogens is 2. The summed E-state index contributed by atoms with van der Waals surface area (Å²) in [7, 11) is 0. The zero-order chi connectivity index (χ0) is 13.9. The van der Waals surface area contributed by atoms with Crippen molar-refractivity contribution < 1.29 is 22.6 Å². The van der Waals surface area contributed by atoms with Crippen LogP contribution in [0.1, 0.15) is 0 Å². The molecule has 0 spiro atoms. The predicted molar refractivity (Wildman–Crippen MR) is 62.9 cm³/mol. The Morgan fingerprint density at radius 2 is 1.79 bits per heavy atom. The number of alkyl halides is 3. The smallest absolute Gasteiger partial charge is 0.424 e. The molecule has 2 rings (SSSR count). The molecule has 0 radical (unpaired) electrons. The fourth-order valence-electron chi connectivity index (χ4n) is 1.20. The van der Waals surface area contributed by atoms with E-state index in [-0.39, 0.29) is 22.0 Å². The highest BCUT2D eigenvalue weighted by molar-refractivity contribution is 9.10. The van der Waals surface area contributed by atoms with E-state index in [0.29, 0.717) is 0 Å². The van der Waals surface area contributed by atoms with Crippen molar-refractivity contribution in [2.24, 2.45) is 0 Å². The first-order valence-electron chi connectivity index (χ1n) is 4.94. The second-order valence-corrected chi connectivity index (χ2v) is 4.13. The van der Waals surface area contributed by atoms with E-state index in [9.17, 15) is 13.2 Å². The van der Waals surface area contributed by atoms with Crippen LogP contribution in [0, 0.1) is 0 Å². The van der Waals surface area contributed by atoms with Gasteiger partial charge in [-0.15, -0.1) is 13.2 Å². The van der Waals surface area contributed by atoms with E-state index in [0.717, 1.165) is 6.07 Å². The third kappa shape index (κ3) is 4.09. The van der Waals surface area contributed by atoms with Crippen molar-refractivity contribution in [3.8, 4) is 17.5 Å². The highest BCUT2D eigenvalue weighted by Gasteiger charge is 2.32. The SMILES string of the molecule is FC(F)(F)Oc1ccc(Oc2ncccn2)cc1Br. The van der Waals surface area contributed by atoms with Crippen molar-refractivity contribution in [3.05, 3.63) is 41.1 Å². The lowest BCUT2D eigenvalue weighted by Gasteiger charge is -2.11. The molecule has 1 aromatic carbocycles. The van der Waals surface area contributed by atoms with Gasteiger partial charge in [-0.1, -0.05) is 0 Å². The average molecular weight is 335 g/mol. The molecule has 0 saturated carbocycles. The van der Waals surface area contributed by atoms with Crippen molar-refractivity contribution in [1.29, 1.82) is 0 Å². The Labute approximate surface area is 114 Å². The molecule has 0 bridgehead atoms. The molecule has 0 saturated heterocycles. The monoisotopic (exact) mass is 334 g/mol. The Kier molecular flexibility index (Phi) is 3.89. The molecule has 19 heavy (non-hydrogen) atoms. The number of hydrogen-bond acceptors (Lipinski definition) is 4. The molecule has 0 fully saturated rings. The van der Waals surface area contributed by atoms with Crippen LogP contribution < -0.4 is 9.47 Å². The average Bonchev–Trinajstić information content (AvgIpc) is 2.33. The van der Waals surface area contributed by atoms with Crippen molar-refractivity contribution >= 4 is 15.9 Å². The Hall–Kier alpha value is -1.83. The zero-order valence-corrected chi connectivity index (χ0v) is 10.8. The van der Waals surface area contributed by atoms with Crippen molar-refractivity contribution in [1.82, 2.24) is 9.97 Å². The van der Waals surface area contributed by atoms with Gasteiger partial charge in [0.1, 0.15) is 11.5 Å². The van der Waals surface area contributed by atoms with Gasteiger partial charge in [0.15, 0.2) is 0 Å². The van der Waals surface area contributed by atoms with Crippen LogP contribution in [0.3, 0.4) is 0 Å². The maximum Gasteiger partial charge on any atom is 0.573 e. The molecule has 100 valence electrons. The van der Waals surface area contributed by atoms with Crippen molar-refractivity contribution in [3.63, 3.8) is 0 Å². The number of benzene rings is 1. The highest BCUT2D eigenvalue weighted by Crippen LogP contribution is 2.34. The van der Waals surface area contributed by atoms with Crippen molar-refractivity contribution in [2.45, 2.75) is 6.36 Å². The predicted octanol–water partition coefficient (Wildman–Crippen LogP) is 3.93. The van der Waals surface area contributed by atoms with Crippen LogP contribution in [0.2, 0.25) is 0 Å². The molecule has 0 N–H and O–H groups in total. The molecular formula is C11H6BrF3N2O2. The third-order valence-corrected chi connectivity index (χ3v) is 2.50. The number of hydrogen-bond donors (Lipinski definition) is 0. The van der Waals surface area contributed by atoms with Crippen LogP contribution in [-0.4, -0.2) is 16.3 Å². The van der Waals surface area contributed by atoms with E-state index >= 15 is 0 Å². The topological polar surface area (TPSA) is 44.2 Å². The molecule has 2 aromatic rings. The molecule has 1 heterocycles. The molecule has 0 unspecified atom stereocenters. The lowest BCUT2D eigenvalue weighted by Crippen LogP contribution is -2.17. The summed E-state index contributed by atoms with van der Waals surface area (Å²) in [6.07, 6.45) is -1.77. The number of nitrogens with zero attached hydrogens (tertiary/aromatic N) is 2. The summed E-state index contributed by atoms with van der Waals surface area (Å²) < 4.78 is 45.4. The lowest BCUT2D eigenvalue weighted by molar-refractivity contribution is -0.274. The minimum atomic E-state index is -4.74. The summed E-state index contributed by atoms with van der Waals surface area (Å²) >= 11 is 2.97. The standard InChI is InChI=1S/C11H6BrF3N2O2/c12-8-6-7(18-10-16-4-1-5-17-10)2-3-9(8)19-11(13,14)15/h1-6H. The molecule has 0 amide bonds. The van der Waals surface area contributed by atoms with Crippen LogP contribution in [0.5, 0.6) is 17.5 Å². The molecule has 4 nitrogen and oxygen atoms in total. The first-order valence-corrected chi connectivity index (χ1v) is 5.73. The molecule has 0 aliphatic carbocycles. The third-order valence-electron chi connectivity index (χ3n) is 1.88. The maximum atomic E-state index is 12.1. The minimum absolute atomic E-state index is 0.0962. The normalized spacial score (nSPS) is 11.2. The van der Waals surface area contributed by atoms with Gasteiger partial charge >= 0.3 is 12.4 Å². The quantitative estimate of drug-likeness (QED) is 0.853. The highest BCUT2D eigenvalue weighted by atomic mass is 79.9. The number of halogens is 4. The molecule has 0 atom stereocenters. The van der Waals surface area contributed by atoms with Crippen LogP contribution >= 0.6 is 15.9 Å². The molecule has 0 aliphatic rings. The molecule has 1 aromatic heterocycles. The minimum Gasteiger partial charge on any atom is -0.424 e. The van der Waals surface area contributed by atoms with Gasteiger partial charge in [-0.05, 0) is 40.2 Å².